The first-order chi connectivity index (χ1) is 7.99. The SMILES string of the molecule is CCN(C)CCNS(=O)(=O)c1cc(CN)cs1. The first kappa shape index (κ1) is 14.6. The number of hydrogen-bond donors (Lipinski definition) is 2. The van der Waals surface area contributed by atoms with Gasteiger partial charge in [0.1, 0.15) is 4.21 Å². The van der Waals surface area contributed by atoms with Crippen LogP contribution >= 0.6 is 11.3 Å². The largest absolute Gasteiger partial charge is 0.326 e. The van der Waals surface area contributed by atoms with E-state index in [0.717, 1.165) is 12.1 Å². The second-order valence-electron chi connectivity index (χ2n) is 3.77. The summed E-state index contributed by atoms with van der Waals surface area (Å²) in [4.78, 5) is 2.04. The molecule has 0 bridgehead atoms. The van der Waals surface area contributed by atoms with E-state index >= 15 is 0 Å². The third-order valence-electron chi connectivity index (χ3n) is 2.46. The molecule has 0 aliphatic carbocycles. The van der Waals surface area contributed by atoms with Crippen LogP contribution < -0.4 is 10.5 Å². The molecule has 0 amide bonds. The lowest BCUT2D eigenvalue weighted by Gasteiger charge is -2.13. The minimum Gasteiger partial charge on any atom is -0.326 e. The summed E-state index contributed by atoms with van der Waals surface area (Å²) in [6, 6.07) is 1.62. The molecule has 0 unspecified atom stereocenters. The number of hydrogen-bond acceptors (Lipinski definition) is 5. The molecule has 7 heteroatoms. The van der Waals surface area contributed by atoms with E-state index in [1.165, 1.54) is 11.3 Å². The van der Waals surface area contributed by atoms with Crippen LogP contribution in [-0.4, -0.2) is 40.0 Å². The molecule has 0 atom stereocenters. The van der Waals surface area contributed by atoms with E-state index in [1.54, 1.807) is 11.4 Å². The number of thiophene rings is 1. The molecule has 1 rings (SSSR count). The smallest absolute Gasteiger partial charge is 0.250 e. The predicted octanol–water partition coefficient (Wildman–Crippen LogP) is 0.437. The van der Waals surface area contributed by atoms with Gasteiger partial charge in [0.05, 0.1) is 0 Å². The zero-order chi connectivity index (χ0) is 12.9. The Morgan fingerprint density at radius 3 is 2.76 bits per heavy atom. The molecule has 0 saturated heterocycles. The Bertz CT molecular complexity index is 442. The van der Waals surface area contributed by atoms with Crippen LogP contribution in [0, 0.1) is 0 Å². The quantitative estimate of drug-likeness (QED) is 0.758. The lowest BCUT2D eigenvalue weighted by Crippen LogP contribution is -2.32. The van der Waals surface area contributed by atoms with Gasteiger partial charge in [-0.2, -0.15) is 0 Å². The Kier molecular flexibility index (Phi) is 5.54. The first-order valence-electron chi connectivity index (χ1n) is 5.45. The van der Waals surface area contributed by atoms with Crippen molar-refractivity contribution < 1.29 is 8.42 Å². The summed E-state index contributed by atoms with van der Waals surface area (Å²) in [7, 11) is -1.42. The normalized spacial score (nSPS) is 12.2. The van der Waals surface area contributed by atoms with E-state index in [9.17, 15) is 8.42 Å². The van der Waals surface area contributed by atoms with Crippen LogP contribution in [0.4, 0.5) is 0 Å². The summed E-state index contributed by atoms with van der Waals surface area (Å²) >= 11 is 1.20. The van der Waals surface area contributed by atoms with Gasteiger partial charge in [-0.25, -0.2) is 13.1 Å². The van der Waals surface area contributed by atoms with E-state index in [0.29, 0.717) is 23.8 Å². The second-order valence-corrected chi connectivity index (χ2v) is 6.68. The fourth-order valence-electron chi connectivity index (χ4n) is 1.20. The molecule has 1 aromatic rings. The van der Waals surface area contributed by atoms with Gasteiger partial charge in [-0.3, -0.25) is 0 Å². The van der Waals surface area contributed by atoms with Crippen molar-refractivity contribution in [1.82, 2.24) is 9.62 Å². The van der Waals surface area contributed by atoms with Crippen molar-refractivity contribution in [3.63, 3.8) is 0 Å². The topological polar surface area (TPSA) is 75.4 Å². The van der Waals surface area contributed by atoms with Crippen LogP contribution in [0.5, 0.6) is 0 Å². The highest BCUT2D eigenvalue weighted by Gasteiger charge is 2.15. The third kappa shape index (κ3) is 4.36. The number of sulfonamides is 1. The lowest BCUT2D eigenvalue weighted by atomic mass is 10.4. The van der Waals surface area contributed by atoms with Crippen molar-refractivity contribution in [1.29, 1.82) is 0 Å². The summed E-state index contributed by atoms with van der Waals surface area (Å²) in [6.45, 7) is 4.41. The molecule has 0 spiro atoms. The number of likely N-dealkylation sites (N-methyl/N-ethyl adjacent to an activating group) is 1. The molecular formula is C10H19N3O2S2. The van der Waals surface area contributed by atoms with Crippen molar-refractivity contribution in [3.8, 4) is 0 Å². The maximum Gasteiger partial charge on any atom is 0.250 e. The van der Waals surface area contributed by atoms with Crippen LogP contribution in [0.3, 0.4) is 0 Å². The van der Waals surface area contributed by atoms with Crippen LogP contribution in [0.25, 0.3) is 0 Å². The molecule has 0 aromatic carbocycles. The number of nitrogens with zero attached hydrogens (tertiary/aromatic N) is 1. The first-order valence-corrected chi connectivity index (χ1v) is 7.81. The Morgan fingerprint density at radius 1 is 1.53 bits per heavy atom. The van der Waals surface area contributed by atoms with E-state index in [1.807, 2.05) is 18.9 Å². The monoisotopic (exact) mass is 277 g/mol. The summed E-state index contributed by atoms with van der Waals surface area (Å²) in [5, 5.41) is 1.77. The van der Waals surface area contributed by atoms with Gasteiger partial charge in [0.25, 0.3) is 0 Å². The fourth-order valence-corrected chi connectivity index (χ4v) is 3.49. The predicted molar refractivity (Wildman–Crippen MR) is 70.6 cm³/mol. The van der Waals surface area contributed by atoms with E-state index in [-0.39, 0.29) is 0 Å². The van der Waals surface area contributed by atoms with Gasteiger partial charge in [0.15, 0.2) is 0 Å². The van der Waals surface area contributed by atoms with Gasteiger partial charge in [-0.15, -0.1) is 11.3 Å². The molecule has 1 aromatic heterocycles. The zero-order valence-electron chi connectivity index (χ0n) is 10.1. The van der Waals surface area contributed by atoms with Crippen LogP contribution in [0.1, 0.15) is 12.5 Å². The van der Waals surface area contributed by atoms with Crippen LogP contribution in [0.2, 0.25) is 0 Å². The Hall–Kier alpha value is -0.470. The number of nitrogens with one attached hydrogen (secondary N) is 1. The van der Waals surface area contributed by atoms with Crippen molar-refractivity contribution in [2.24, 2.45) is 5.73 Å². The highest BCUT2D eigenvalue weighted by molar-refractivity contribution is 7.91. The van der Waals surface area contributed by atoms with E-state index in [2.05, 4.69) is 4.72 Å². The van der Waals surface area contributed by atoms with Gasteiger partial charge >= 0.3 is 0 Å². The van der Waals surface area contributed by atoms with E-state index < -0.39 is 10.0 Å². The molecule has 5 nitrogen and oxygen atoms in total. The molecular weight excluding hydrogens is 258 g/mol. The van der Waals surface area contributed by atoms with Crippen molar-refractivity contribution in [3.05, 3.63) is 17.0 Å². The average Bonchev–Trinajstić information content (AvgIpc) is 2.77. The van der Waals surface area contributed by atoms with Gasteiger partial charge in [0, 0.05) is 19.6 Å². The molecule has 98 valence electrons. The van der Waals surface area contributed by atoms with E-state index in [4.69, 9.17) is 5.73 Å². The number of rotatable bonds is 7. The molecule has 0 aliphatic rings. The fraction of sp³-hybridized carbons (Fsp3) is 0.600. The summed E-state index contributed by atoms with van der Waals surface area (Å²) in [5.74, 6) is 0. The molecule has 0 fully saturated rings. The van der Waals surface area contributed by atoms with Crippen molar-refractivity contribution in [2.45, 2.75) is 17.7 Å². The summed E-state index contributed by atoms with van der Waals surface area (Å²) in [6.07, 6.45) is 0. The minimum atomic E-state index is -3.37. The summed E-state index contributed by atoms with van der Waals surface area (Å²) < 4.78 is 26.7. The minimum absolute atomic E-state index is 0.331. The second kappa shape index (κ2) is 6.46. The molecule has 0 saturated carbocycles. The average molecular weight is 277 g/mol. The molecule has 3 N–H and O–H groups in total. The Balaban J connectivity index is 2.56. The Morgan fingerprint density at radius 2 is 2.24 bits per heavy atom. The number of nitrogens with two attached hydrogens (primary N) is 1. The van der Waals surface area contributed by atoms with Gasteiger partial charge < -0.3 is 10.6 Å². The highest BCUT2D eigenvalue weighted by Crippen LogP contribution is 2.19. The standard InChI is InChI=1S/C10H19N3O2S2/c1-3-13(2)5-4-12-17(14,15)10-6-9(7-11)8-16-10/h6,8,12H,3-5,7,11H2,1-2H3. The summed E-state index contributed by atoms with van der Waals surface area (Å²) in [5.41, 5.74) is 6.30. The van der Waals surface area contributed by atoms with Gasteiger partial charge in [-0.05, 0) is 30.6 Å². The lowest BCUT2D eigenvalue weighted by molar-refractivity contribution is 0.358. The van der Waals surface area contributed by atoms with Gasteiger partial charge in [0.2, 0.25) is 10.0 Å². The molecule has 0 radical (unpaired) electrons. The highest BCUT2D eigenvalue weighted by atomic mass is 32.2. The van der Waals surface area contributed by atoms with Gasteiger partial charge in [-0.1, -0.05) is 6.92 Å². The molecule has 17 heavy (non-hydrogen) atoms. The van der Waals surface area contributed by atoms with Crippen LogP contribution in [-0.2, 0) is 16.6 Å². The third-order valence-corrected chi connectivity index (χ3v) is 5.41. The van der Waals surface area contributed by atoms with Crippen molar-refractivity contribution in [2.75, 3.05) is 26.7 Å². The van der Waals surface area contributed by atoms with Crippen molar-refractivity contribution >= 4 is 21.4 Å². The molecule has 0 aliphatic heterocycles. The van der Waals surface area contributed by atoms with Crippen LogP contribution in [0.15, 0.2) is 15.7 Å². The Labute approximate surface area is 107 Å². The molecule has 1 heterocycles. The zero-order valence-corrected chi connectivity index (χ0v) is 11.8. The maximum atomic E-state index is 11.9. The maximum absolute atomic E-state index is 11.9.